The topological polar surface area (TPSA) is 97.0 Å². The van der Waals surface area contributed by atoms with Crippen LogP contribution >= 0.6 is 11.3 Å². The van der Waals surface area contributed by atoms with Gasteiger partial charge in [-0.05, 0) is 36.3 Å². The smallest absolute Gasteiger partial charge is 0.322 e. The highest BCUT2D eigenvalue weighted by Gasteiger charge is 2.26. The van der Waals surface area contributed by atoms with Crippen molar-refractivity contribution in [1.82, 2.24) is 25.0 Å². The summed E-state index contributed by atoms with van der Waals surface area (Å²) in [5.74, 6) is 1.31. The zero-order valence-electron chi connectivity index (χ0n) is 14.0. The van der Waals surface area contributed by atoms with Crippen LogP contribution in [0.2, 0.25) is 0 Å². The van der Waals surface area contributed by atoms with Gasteiger partial charge in [-0.15, -0.1) is 11.3 Å². The molecule has 0 spiro atoms. The van der Waals surface area contributed by atoms with Crippen LogP contribution in [0.3, 0.4) is 0 Å². The quantitative estimate of drug-likeness (QED) is 0.758. The molecule has 3 aromatic heterocycles. The van der Waals surface area contributed by atoms with Crippen molar-refractivity contribution >= 4 is 22.4 Å². The summed E-state index contributed by atoms with van der Waals surface area (Å²) in [4.78, 5) is 26.9. The Morgan fingerprint density at radius 1 is 1.42 bits per heavy atom. The summed E-state index contributed by atoms with van der Waals surface area (Å²) in [5.41, 5.74) is 0.586. The number of carbonyl (C=O) groups is 1. The summed E-state index contributed by atoms with van der Waals surface area (Å²) in [6, 6.07) is 3.77. The van der Waals surface area contributed by atoms with Crippen molar-refractivity contribution in [2.45, 2.75) is 19.3 Å². The van der Waals surface area contributed by atoms with E-state index in [1.54, 1.807) is 18.6 Å². The van der Waals surface area contributed by atoms with E-state index in [4.69, 9.17) is 4.52 Å². The molecule has 0 unspecified atom stereocenters. The standard InChI is InChI=1S/C17H18N6O2S/c24-17(21-15-4-2-8-26-15)23-7-1-3-12(11-23)9-14-20-16(22-25-14)13-10-18-5-6-19-13/h2,4-6,8,10,12H,1,3,7,9,11H2,(H,21,24)/t12-/m0/s1. The van der Waals surface area contributed by atoms with Gasteiger partial charge in [0.25, 0.3) is 0 Å². The molecule has 0 aromatic carbocycles. The molecular formula is C17H18N6O2S. The molecule has 1 aliphatic heterocycles. The molecule has 0 radical (unpaired) electrons. The van der Waals surface area contributed by atoms with E-state index in [1.807, 2.05) is 22.4 Å². The predicted molar refractivity (Wildman–Crippen MR) is 96.7 cm³/mol. The van der Waals surface area contributed by atoms with Gasteiger partial charge in [-0.2, -0.15) is 4.98 Å². The van der Waals surface area contributed by atoms with Gasteiger partial charge in [-0.3, -0.25) is 10.3 Å². The molecular weight excluding hydrogens is 352 g/mol. The minimum atomic E-state index is -0.0528. The van der Waals surface area contributed by atoms with Gasteiger partial charge < -0.3 is 9.42 Å². The van der Waals surface area contributed by atoms with Gasteiger partial charge in [0.2, 0.25) is 11.7 Å². The maximum absolute atomic E-state index is 12.4. The molecule has 2 amide bonds. The summed E-state index contributed by atoms with van der Waals surface area (Å²) < 4.78 is 5.36. The van der Waals surface area contributed by atoms with Gasteiger partial charge >= 0.3 is 6.03 Å². The molecule has 1 saturated heterocycles. The van der Waals surface area contributed by atoms with Crippen LogP contribution in [-0.2, 0) is 6.42 Å². The zero-order chi connectivity index (χ0) is 17.8. The lowest BCUT2D eigenvalue weighted by atomic mass is 9.95. The van der Waals surface area contributed by atoms with Crippen molar-refractivity contribution in [3.8, 4) is 11.5 Å². The Morgan fingerprint density at radius 3 is 3.19 bits per heavy atom. The largest absolute Gasteiger partial charge is 0.339 e. The maximum atomic E-state index is 12.4. The van der Waals surface area contributed by atoms with Crippen molar-refractivity contribution in [3.63, 3.8) is 0 Å². The number of thiophene rings is 1. The van der Waals surface area contributed by atoms with E-state index in [2.05, 4.69) is 25.4 Å². The van der Waals surface area contributed by atoms with E-state index in [0.717, 1.165) is 24.4 Å². The average molecular weight is 370 g/mol. The number of nitrogens with zero attached hydrogens (tertiary/aromatic N) is 5. The zero-order valence-corrected chi connectivity index (χ0v) is 14.9. The summed E-state index contributed by atoms with van der Waals surface area (Å²) in [6.07, 6.45) is 7.44. The number of urea groups is 1. The predicted octanol–water partition coefficient (Wildman–Crippen LogP) is 3.07. The van der Waals surface area contributed by atoms with Gasteiger partial charge in [0, 0.05) is 31.9 Å². The number of amides is 2. The van der Waals surface area contributed by atoms with Crippen molar-refractivity contribution < 1.29 is 9.32 Å². The second kappa shape index (κ2) is 7.61. The molecule has 0 aliphatic carbocycles. The minimum Gasteiger partial charge on any atom is -0.339 e. The fourth-order valence-corrected chi connectivity index (χ4v) is 3.66. The fraction of sp³-hybridized carbons (Fsp3) is 0.353. The van der Waals surface area contributed by atoms with E-state index >= 15 is 0 Å². The number of likely N-dealkylation sites (tertiary alicyclic amines) is 1. The first-order valence-corrected chi connectivity index (χ1v) is 9.34. The lowest BCUT2D eigenvalue weighted by molar-refractivity contribution is 0.173. The summed E-state index contributed by atoms with van der Waals surface area (Å²) >= 11 is 1.52. The van der Waals surface area contributed by atoms with E-state index in [9.17, 15) is 4.79 Å². The molecule has 1 aliphatic rings. The molecule has 1 fully saturated rings. The highest BCUT2D eigenvalue weighted by Crippen LogP contribution is 2.23. The Kier molecular flexibility index (Phi) is 4.87. The molecule has 4 heterocycles. The number of rotatable bonds is 4. The summed E-state index contributed by atoms with van der Waals surface area (Å²) in [7, 11) is 0. The van der Waals surface area contributed by atoms with Crippen LogP contribution in [0.1, 0.15) is 18.7 Å². The Labute approximate surface area is 154 Å². The van der Waals surface area contributed by atoms with Crippen LogP contribution in [0.15, 0.2) is 40.6 Å². The first-order chi connectivity index (χ1) is 12.8. The monoisotopic (exact) mass is 370 g/mol. The Morgan fingerprint density at radius 2 is 2.38 bits per heavy atom. The molecule has 8 nitrogen and oxygen atoms in total. The first-order valence-electron chi connectivity index (χ1n) is 8.46. The number of carbonyl (C=O) groups excluding carboxylic acids is 1. The van der Waals surface area contributed by atoms with Crippen molar-refractivity contribution in [3.05, 3.63) is 42.0 Å². The van der Waals surface area contributed by atoms with Crippen LogP contribution in [0.4, 0.5) is 9.80 Å². The highest BCUT2D eigenvalue weighted by molar-refractivity contribution is 7.14. The maximum Gasteiger partial charge on any atom is 0.322 e. The van der Waals surface area contributed by atoms with Gasteiger partial charge in [0.15, 0.2) is 0 Å². The van der Waals surface area contributed by atoms with Crippen molar-refractivity contribution in [2.24, 2.45) is 5.92 Å². The van der Waals surface area contributed by atoms with Crippen LogP contribution in [0, 0.1) is 5.92 Å². The van der Waals surface area contributed by atoms with Gasteiger partial charge in [-0.25, -0.2) is 9.78 Å². The third-order valence-electron chi connectivity index (χ3n) is 4.28. The number of anilines is 1. The Bertz CT molecular complexity index is 851. The van der Waals surface area contributed by atoms with Crippen molar-refractivity contribution in [1.29, 1.82) is 0 Å². The van der Waals surface area contributed by atoms with E-state index in [0.29, 0.717) is 36.3 Å². The van der Waals surface area contributed by atoms with Crippen LogP contribution in [0.5, 0.6) is 0 Å². The molecule has 134 valence electrons. The van der Waals surface area contributed by atoms with Crippen molar-refractivity contribution in [2.75, 3.05) is 18.4 Å². The lowest BCUT2D eigenvalue weighted by Gasteiger charge is -2.32. The van der Waals surface area contributed by atoms with E-state index < -0.39 is 0 Å². The van der Waals surface area contributed by atoms with Gasteiger partial charge in [-0.1, -0.05) is 5.16 Å². The number of hydrogen-bond donors (Lipinski definition) is 1. The molecule has 1 N–H and O–H groups in total. The molecule has 4 rings (SSSR count). The Balaban J connectivity index is 1.36. The average Bonchev–Trinajstić information content (AvgIpc) is 3.35. The van der Waals surface area contributed by atoms with Crippen LogP contribution in [0.25, 0.3) is 11.5 Å². The van der Waals surface area contributed by atoms with Crippen LogP contribution in [-0.4, -0.2) is 44.1 Å². The van der Waals surface area contributed by atoms with Gasteiger partial charge in [0.1, 0.15) is 5.69 Å². The summed E-state index contributed by atoms with van der Waals surface area (Å²) in [5, 5.41) is 9.72. The van der Waals surface area contributed by atoms with Crippen LogP contribution < -0.4 is 5.32 Å². The lowest BCUT2D eigenvalue weighted by Crippen LogP contribution is -2.42. The van der Waals surface area contributed by atoms with E-state index in [1.165, 1.54) is 11.3 Å². The third-order valence-corrected chi connectivity index (χ3v) is 5.07. The third kappa shape index (κ3) is 3.88. The molecule has 1 atom stereocenters. The van der Waals surface area contributed by atoms with E-state index in [-0.39, 0.29) is 6.03 Å². The number of hydrogen-bond acceptors (Lipinski definition) is 7. The number of nitrogens with one attached hydrogen (secondary N) is 1. The SMILES string of the molecule is O=C(Nc1cccs1)N1CCC[C@@H](Cc2nc(-c3cnccn3)no2)C1. The molecule has 0 bridgehead atoms. The fourth-order valence-electron chi connectivity index (χ4n) is 3.05. The Hall–Kier alpha value is -2.81. The molecule has 3 aromatic rings. The van der Waals surface area contributed by atoms with Gasteiger partial charge in [0.05, 0.1) is 11.2 Å². The highest BCUT2D eigenvalue weighted by atomic mass is 32.1. The summed E-state index contributed by atoms with van der Waals surface area (Å²) in [6.45, 7) is 1.45. The molecule has 0 saturated carbocycles. The first kappa shape index (κ1) is 16.6. The molecule has 9 heteroatoms. The second-order valence-electron chi connectivity index (χ2n) is 6.17. The number of aromatic nitrogens is 4. The second-order valence-corrected chi connectivity index (χ2v) is 7.12. The minimum absolute atomic E-state index is 0.0528. The molecule has 26 heavy (non-hydrogen) atoms. The normalized spacial score (nSPS) is 17.2. The number of piperidine rings is 1.